The van der Waals surface area contributed by atoms with E-state index < -0.39 is 0 Å². The van der Waals surface area contributed by atoms with E-state index in [1.165, 1.54) is 5.69 Å². The lowest BCUT2D eigenvalue weighted by atomic mass is 10.4. The lowest BCUT2D eigenvalue weighted by Crippen LogP contribution is -1.94. The van der Waals surface area contributed by atoms with Crippen LogP contribution in [-0.2, 0) is 13.5 Å². The Labute approximate surface area is 60.3 Å². The average molecular weight is 142 g/mol. The summed E-state index contributed by atoms with van der Waals surface area (Å²) in [4.78, 5) is 3.97. The van der Waals surface area contributed by atoms with E-state index in [0.29, 0.717) is 0 Å². The SMILES string of the molecule is Cn1cncc1CCS. The Morgan fingerprint density at radius 3 is 3.00 bits per heavy atom. The summed E-state index contributed by atoms with van der Waals surface area (Å²) in [6.07, 6.45) is 4.68. The number of hydrogen-bond acceptors (Lipinski definition) is 2. The smallest absolute Gasteiger partial charge is 0.0945 e. The van der Waals surface area contributed by atoms with Gasteiger partial charge in [-0.15, -0.1) is 0 Å². The van der Waals surface area contributed by atoms with E-state index in [1.54, 1.807) is 6.33 Å². The van der Waals surface area contributed by atoms with Crippen molar-refractivity contribution in [2.45, 2.75) is 6.42 Å². The topological polar surface area (TPSA) is 17.8 Å². The van der Waals surface area contributed by atoms with Gasteiger partial charge in [0.05, 0.1) is 6.33 Å². The zero-order chi connectivity index (χ0) is 6.69. The maximum Gasteiger partial charge on any atom is 0.0945 e. The molecular weight excluding hydrogens is 132 g/mol. The van der Waals surface area contributed by atoms with Gasteiger partial charge in [-0.3, -0.25) is 0 Å². The van der Waals surface area contributed by atoms with Crippen molar-refractivity contribution in [2.75, 3.05) is 5.75 Å². The normalized spacial score (nSPS) is 10.0. The van der Waals surface area contributed by atoms with E-state index in [0.717, 1.165) is 12.2 Å². The van der Waals surface area contributed by atoms with Crippen LogP contribution >= 0.6 is 12.6 Å². The number of imidazole rings is 1. The van der Waals surface area contributed by atoms with Crippen molar-refractivity contribution in [2.24, 2.45) is 7.05 Å². The summed E-state index contributed by atoms with van der Waals surface area (Å²) in [6, 6.07) is 0. The van der Waals surface area contributed by atoms with E-state index in [9.17, 15) is 0 Å². The van der Waals surface area contributed by atoms with Crippen LogP contribution in [0.15, 0.2) is 12.5 Å². The quantitative estimate of drug-likeness (QED) is 0.607. The van der Waals surface area contributed by atoms with Crippen LogP contribution in [0.5, 0.6) is 0 Å². The zero-order valence-electron chi connectivity index (χ0n) is 5.41. The molecule has 0 aliphatic heterocycles. The Morgan fingerprint density at radius 2 is 2.56 bits per heavy atom. The van der Waals surface area contributed by atoms with Gasteiger partial charge < -0.3 is 4.57 Å². The molecule has 50 valence electrons. The Morgan fingerprint density at radius 1 is 1.78 bits per heavy atom. The first-order chi connectivity index (χ1) is 4.34. The molecule has 1 aromatic heterocycles. The molecule has 0 aliphatic rings. The van der Waals surface area contributed by atoms with E-state index in [-0.39, 0.29) is 0 Å². The molecule has 0 amide bonds. The summed E-state index contributed by atoms with van der Waals surface area (Å²) >= 11 is 4.11. The number of thiol groups is 1. The zero-order valence-corrected chi connectivity index (χ0v) is 6.30. The van der Waals surface area contributed by atoms with Crippen molar-refractivity contribution >= 4 is 12.6 Å². The second-order valence-electron chi connectivity index (χ2n) is 1.97. The molecule has 0 radical (unpaired) electrons. The molecule has 1 rings (SSSR count). The highest BCUT2D eigenvalue weighted by Gasteiger charge is 1.93. The molecule has 0 N–H and O–H groups in total. The lowest BCUT2D eigenvalue weighted by molar-refractivity contribution is 0.837. The molecule has 0 saturated carbocycles. The second-order valence-corrected chi connectivity index (χ2v) is 2.42. The van der Waals surface area contributed by atoms with Gasteiger partial charge in [0, 0.05) is 18.9 Å². The van der Waals surface area contributed by atoms with Gasteiger partial charge in [0.15, 0.2) is 0 Å². The van der Waals surface area contributed by atoms with E-state index in [1.807, 2.05) is 17.8 Å². The van der Waals surface area contributed by atoms with Crippen LogP contribution in [0.25, 0.3) is 0 Å². The predicted octanol–water partition coefficient (Wildman–Crippen LogP) is 0.892. The van der Waals surface area contributed by atoms with Gasteiger partial charge in [-0.2, -0.15) is 12.6 Å². The Hall–Kier alpha value is -0.440. The third-order valence-corrected chi connectivity index (χ3v) is 1.51. The van der Waals surface area contributed by atoms with Crippen LogP contribution in [0, 0.1) is 0 Å². The maximum absolute atomic E-state index is 4.11. The molecule has 1 heterocycles. The Balaban J connectivity index is 2.69. The van der Waals surface area contributed by atoms with Crippen LogP contribution in [0.1, 0.15) is 5.69 Å². The van der Waals surface area contributed by atoms with Gasteiger partial charge in [0.1, 0.15) is 0 Å². The second kappa shape index (κ2) is 2.92. The first kappa shape index (κ1) is 6.68. The molecule has 0 spiro atoms. The highest BCUT2D eigenvalue weighted by Crippen LogP contribution is 1.97. The Bertz CT molecular complexity index is 183. The highest BCUT2D eigenvalue weighted by atomic mass is 32.1. The molecule has 0 aliphatic carbocycles. The molecule has 1 aromatic rings. The standard InChI is InChI=1S/C6H10N2S/c1-8-5-7-4-6(8)2-3-9/h4-5,9H,2-3H2,1H3. The highest BCUT2D eigenvalue weighted by molar-refractivity contribution is 7.80. The molecule has 0 bridgehead atoms. The van der Waals surface area contributed by atoms with Crippen LogP contribution in [0.4, 0.5) is 0 Å². The first-order valence-electron chi connectivity index (χ1n) is 2.90. The molecule has 3 heteroatoms. The van der Waals surface area contributed by atoms with Gasteiger partial charge in [0.25, 0.3) is 0 Å². The molecule has 2 nitrogen and oxygen atoms in total. The van der Waals surface area contributed by atoms with Crippen molar-refractivity contribution in [3.63, 3.8) is 0 Å². The van der Waals surface area contributed by atoms with Crippen LogP contribution in [0.3, 0.4) is 0 Å². The van der Waals surface area contributed by atoms with Gasteiger partial charge >= 0.3 is 0 Å². The number of rotatable bonds is 2. The molecular formula is C6H10N2S. The fourth-order valence-electron chi connectivity index (χ4n) is 0.740. The number of nitrogens with zero attached hydrogens (tertiary/aromatic N) is 2. The molecule has 0 fully saturated rings. The minimum atomic E-state index is 0.888. The van der Waals surface area contributed by atoms with Crippen LogP contribution in [-0.4, -0.2) is 15.3 Å². The van der Waals surface area contributed by atoms with Crippen LogP contribution in [0.2, 0.25) is 0 Å². The van der Waals surface area contributed by atoms with Crippen molar-refractivity contribution in [3.8, 4) is 0 Å². The summed E-state index contributed by atoms with van der Waals surface area (Å²) in [7, 11) is 1.99. The van der Waals surface area contributed by atoms with Crippen molar-refractivity contribution in [1.29, 1.82) is 0 Å². The first-order valence-corrected chi connectivity index (χ1v) is 3.54. The van der Waals surface area contributed by atoms with E-state index in [2.05, 4.69) is 17.6 Å². The van der Waals surface area contributed by atoms with Crippen molar-refractivity contribution in [3.05, 3.63) is 18.2 Å². The molecule has 0 unspecified atom stereocenters. The molecule has 0 saturated heterocycles. The van der Waals surface area contributed by atoms with Gasteiger partial charge in [0.2, 0.25) is 0 Å². The fraction of sp³-hybridized carbons (Fsp3) is 0.500. The summed E-state index contributed by atoms with van der Waals surface area (Å²) < 4.78 is 2.01. The summed E-state index contributed by atoms with van der Waals surface area (Å²) in [6.45, 7) is 0. The van der Waals surface area contributed by atoms with Gasteiger partial charge in [-0.25, -0.2) is 4.98 Å². The van der Waals surface area contributed by atoms with Gasteiger partial charge in [-0.05, 0) is 12.2 Å². The van der Waals surface area contributed by atoms with E-state index in [4.69, 9.17) is 0 Å². The number of aryl methyl sites for hydroxylation is 2. The number of hydrogen-bond donors (Lipinski definition) is 1. The van der Waals surface area contributed by atoms with E-state index >= 15 is 0 Å². The lowest BCUT2D eigenvalue weighted by Gasteiger charge is -1.95. The minimum absolute atomic E-state index is 0.888. The minimum Gasteiger partial charge on any atom is -0.338 e. The number of aromatic nitrogens is 2. The predicted molar refractivity (Wildman–Crippen MR) is 40.8 cm³/mol. The average Bonchev–Trinajstić information content (AvgIpc) is 2.18. The maximum atomic E-state index is 4.11. The Kier molecular flexibility index (Phi) is 2.16. The van der Waals surface area contributed by atoms with Crippen molar-refractivity contribution in [1.82, 2.24) is 9.55 Å². The molecule has 9 heavy (non-hydrogen) atoms. The van der Waals surface area contributed by atoms with Crippen LogP contribution < -0.4 is 0 Å². The summed E-state index contributed by atoms with van der Waals surface area (Å²) in [5.41, 5.74) is 1.24. The third kappa shape index (κ3) is 1.48. The summed E-state index contributed by atoms with van der Waals surface area (Å²) in [5, 5.41) is 0. The monoisotopic (exact) mass is 142 g/mol. The summed E-state index contributed by atoms with van der Waals surface area (Å²) in [5.74, 6) is 0.888. The molecule has 0 atom stereocenters. The fourth-order valence-corrected chi connectivity index (χ4v) is 0.969. The molecule has 0 aromatic carbocycles. The largest absolute Gasteiger partial charge is 0.338 e. The van der Waals surface area contributed by atoms with Gasteiger partial charge in [-0.1, -0.05) is 0 Å². The third-order valence-electron chi connectivity index (χ3n) is 1.28. The van der Waals surface area contributed by atoms with Crippen molar-refractivity contribution < 1.29 is 0 Å².